The van der Waals surface area contributed by atoms with Gasteiger partial charge in [0.1, 0.15) is 0 Å². The van der Waals surface area contributed by atoms with Crippen molar-refractivity contribution in [2.24, 2.45) is 0 Å². The van der Waals surface area contributed by atoms with Gasteiger partial charge in [-0.25, -0.2) is 4.79 Å². The Hall–Kier alpha value is -2.50. The Bertz CT molecular complexity index is 642. The Morgan fingerprint density at radius 1 is 0.913 bits per heavy atom. The molecule has 0 heterocycles. The van der Waals surface area contributed by atoms with Gasteiger partial charge < -0.3 is 10.6 Å². The fourth-order valence-electron chi connectivity index (χ4n) is 2.06. The van der Waals surface area contributed by atoms with Crippen LogP contribution < -0.4 is 10.6 Å². The predicted molar refractivity (Wildman–Crippen MR) is 81.8 cm³/mol. The molecule has 2 aromatic rings. The van der Waals surface area contributed by atoms with Gasteiger partial charge in [0.05, 0.1) is 5.56 Å². The number of rotatable bonds is 5. The normalized spacial score (nSPS) is 11.1. The number of alkyl halides is 3. The predicted octanol–water partition coefficient (Wildman–Crippen LogP) is 3.75. The molecule has 0 aromatic heterocycles. The van der Waals surface area contributed by atoms with Crippen LogP contribution in [0, 0.1) is 0 Å². The van der Waals surface area contributed by atoms with Crippen molar-refractivity contribution in [2.45, 2.75) is 19.1 Å². The molecule has 2 aromatic carbocycles. The Morgan fingerprint density at radius 2 is 1.61 bits per heavy atom. The third-order valence-electron chi connectivity index (χ3n) is 3.25. The lowest BCUT2D eigenvalue weighted by molar-refractivity contribution is -0.137. The first-order valence-corrected chi connectivity index (χ1v) is 7.17. The van der Waals surface area contributed by atoms with Crippen molar-refractivity contribution in [1.29, 1.82) is 0 Å². The summed E-state index contributed by atoms with van der Waals surface area (Å²) in [6.07, 6.45) is -4.01. The van der Waals surface area contributed by atoms with E-state index in [9.17, 15) is 18.0 Å². The molecular weight excluding hydrogens is 305 g/mol. The van der Waals surface area contributed by atoms with Crippen LogP contribution in [0.5, 0.6) is 0 Å². The maximum absolute atomic E-state index is 12.6. The Kier molecular flexibility index (Phi) is 5.62. The highest BCUT2D eigenvalue weighted by Gasteiger charge is 2.30. The highest BCUT2D eigenvalue weighted by molar-refractivity contribution is 5.73. The van der Waals surface area contributed by atoms with Crippen LogP contribution in [-0.4, -0.2) is 12.6 Å². The van der Waals surface area contributed by atoms with Gasteiger partial charge in [0.25, 0.3) is 0 Å². The fraction of sp³-hybridized carbons (Fsp3) is 0.235. The molecule has 2 N–H and O–H groups in total. The zero-order valence-electron chi connectivity index (χ0n) is 12.4. The van der Waals surface area contributed by atoms with E-state index in [0.717, 1.165) is 17.7 Å². The zero-order chi connectivity index (χ0) is 16.7. The molecule has 6 heteroatoms. The van der Waals surface area contributed by atoms with Crippen molar-refractivity contribution in [3.8, 4) is 0 Å². The number of benzene rings is 2. The van der Waals surface area contributed by atoms with Gasteiger partial charge in [0.2, 0.25) is 0 Å². The molecule has 0 unspecified atom stereocenters. The number of urea groups is 1. The molecule has 2 amide bonds. The third kappa shape index (κ3) is 5.65. The van der Waals surface area contributed by atoms with Crippen LogP contribution in [0.2, 0.25) is 0 Å². The van der Waals surface area contributed by atoms with E-state index < -0.39 is 11.7 Å². The number of amides is 2. The second kappa shape index (κ2) is 7.67. The van der Waals surface area contributed by atoms with Gasteiger partial charge in [0.15, 0.2) is 0 Å². The maximum Gasteiger partial charge on any atom is 0.416 e. The van der Waals surface area contributed by atoms with Crippen molar-refractivity contribution in [3.63, 3.8) is 0 Å². The van der Waals surface area contributed by atoms with E-state index in [1.807, 2.05) is 30.3 Å². The molecular formula is C17H17F3N2O. The minimum atomic E-state index is -4.35. The van der Waals surface area contributed by atoms with E-state index in [2.05, 4.69) is 10.6 Å². The maximum atomic E-state index is 12.6. The van der Waals surface area contributed by atoms with E-state index in [4.69, 9.17) is 0 Å². The van der Waals surface area contributed by atoms with Crippen LogP contribution >= 0.6 is 0 Å². The summed E-state index contributed by atoms with van der Waals surface area (Å²) in [5.74, 6) is 0. The summed E-state index contributed by atoms with van der Waals surface area (Å²) in [7, 11) is 0. The van der Waals surface area contributed by atoms with Gasteiger partial charge in [-0.3, -0.25) is 0 Å². The summed E-state index contributed by atoms with van der Waals surface area (Å²) in [5, 5.41) is 5.32. The van der Waals surface area contributed by atoms with Gasteiger partial charge in [-0.05, 0) is 23.6 Å². The molecule has 0 fully saturated rings. The van der Waals surface area contributed by atoms with Crippen LogP contribution in [0.4, 0.5) is 18.0 Å². The molecule has 0 bridgehead atoms. The highest BCUT2D eigenvalue weighted by Crippen LogP contribution is 2.29. The lowest BCUT2D eigenvalue weighted by Crippen LogP contribution is -2.36. The van der Waals surface area contributed by atoms with E-state index in [-0.39, 0.29) is 12.6 Å². The molecule has 3 nitrogen and oxygen atoms in total. The Morgan fingerprint density at radius 3 is 2.30 bits per heavy atom. The van der Waals surface area contributed by atoms with Gasteiger partial charge in [-0.2, -0.15) is 13.2 Å². The quantitative estimate of drug-likeness (QED) is 0.865. The molecule has 2 rings (SSSR count). The van der Waals surface area contributed by atoms with Crippen molar-refractivity contribution < 1.29 is 18.0 Å². The Labute approximate surface area is 132 Å². The second-order valence-electron chi connectivity index (χ2n) is 5.04. The minimum Gasteiger partial charge on any atom is -0.338 e. The zero-order valence-corrected chi connectivity index (χ0v) is 12.4. The monoisotopic (exact) mass is 322 g/mol. The van der Waals surface area contributed by atoms with Crippen LogP contribution in [0.15, 0.2) is 54.6 Å². The summed E-state index contributed by atoms with van der Waals surface area (Å²) in [5.41, 5.74) is 0.826. The van der Waals surface area contributed by atoms with Crippen LogP contribution in [0.25, 0.3) is 0 Å². The molecule has 0 saturated heterocycles. The van der Waals surface area contributed by atoms with Crippen molar-refractivity contribution in [1.82, 2.24) is 10.6 Å². The lowest BCUT2D eigenvalue weighted by atomic mass is 10.1. The first kappa shape index (κ1) is 16.9. The van der Waals surface area contributed by atoms with Gasteiger partial charge in [-0.1, -0.05) is 48.5 Å². The summed E-state index contributed by atoms with van der Waals surface area (Å²) in [4.78, 5) is 11.6. The van der Waals surface area contributed by atoms with Crippen molar-refractivity contribution >= 4 is 6.03 Å². The minimum absolute atomic E-state index is 0.266. The number of carbonyl (C=O) groups is 1. The fourth-order valence-corrected chi connectivity index (χ4v) is 2.06. The molecule has 0 saturated carbocycles. The Balaban J connectivity index is 1.75. The van der Waals surface area contributed by atoms with E-state index in [0.29, 0.717) is 18.5 Å². The topological polar surface area (TPSA) is 41.1 Å². The number of hydrogen-bond acceptors (Lipinski definition) is 1. The average Bonchev–Trinajstić information content (AvgIpc) is 2.53. The van der Waals surface area contributed by atoms with Gasteiger partial charge in [-0.15, -0.1) is 0 Å². The number of nitrogens with one attached hydrogen (secondary N) is 2. The first-order valence-electron chi connectivity index (χ1n) is 7.17. The molecule has 0 aliphatic rings. The van der Waals surface area contributed by atoms with Crippen LogP contribution in [-0.2, 0) is 19.1 Å². The van der Waals surface area contributed by atoms with Crippen molar-refractivity contribution in [2.75, 3.05) is 6.54 Å². The summed E-state index contributed by atoms with van der Waals surface area (Å²) in [6, 6.07) is 14.2. The van der Waals surface area contributed by atoms with Crippen molar-refractivity contribution in [3.05, 3.63) is 71.3 Å². The van der Waals surface area contributed by atoms with E-state index >= 15 is 0 Å². The summed E-state index contributed by atoms with van der Waals surface area (Å²) in [6.45, 7) is 0.665. The molecule has 0 aliphatic carbocycles. The molecule has 122 valence electrons. The SMILES string of the molecule is O=C(NCCc1cccc(C(F)(F)F)c1)NCc1ccccc1. The first-order chi connectivity index (χ1) is 10.9. The number of halogens is 3. The standard InChI is InChI=1S/C17H17F3N2O/c18-17(19,20)15-8-4-7-13(11-15)9-10-21-16(23)22-12-14-5-2-1-3-6-14/h1-8,11H,9-10,12H2,(H2,21,22,23). The van der Waals surface area contributed by atoms with E-state index in [1.165, 1.54) is 6.07 Å². The average molecular weight is 322 g/mol. The smallest absolute Gasteiger partial charge is 0.338 e. The van der Waals surface area contributed by atoms with Gasteiger partial charge >= 0.3 is 12.2 Å². The molecule has 0 atom stereocenters. The summed E-state index contributed by atoms with van der Waals surface area (Å²) >= 11 is 0. The van der Waals surface area contributed by atoms with Gasteiger partial charge in [0, 0.05) is 13.1 Å². The molecule has 23 heavy (non-hydrogen) atoms. The second-order valence-corrected chi connectivity index (χ2v) is 5.04. The van der Waals surface area contributed by atoms with E-state index in [1.54, 1.807) is 6.07 Å². The third-order valence-corrected chi connectivity index (χ3v) is 3.25. The number of hydrogen-bond donors (Lipinski definition) is 2. The lowest BCUT2D eigenvalue weighted by Gasteiger charge is -2.10. The summed E-state index contributed by atoms with van der Waals surface area (Å²) < 4.78 is 37.8. The highest BCUT2D eigenvalue weighted by atomic mass is 19.4. The van der Waals surface area contributed by atoms with Crippen LogP contribution in [0.3, 0.4) is 0 Å². The molecule has 0 radical (unpaired) electrons. The largest absolute Gasteiger partial charge is 0.416 e. The molecule has 0 spiro atoms. The number of carbonyl (C=O) groups excluding carboxylic acids is 1. The molecule has 0 aliphatic heterocycles. The van der Waals surface area contributed by atoms with Crippen LogP contribution in [0.1, 0.15) is 16.7 Å².